The maximum Gasteiger partial charge on any atom is 0.271 e. The molecular formula is C26H25ClN4O3. The molecule has 1 aliphatic carbocycles. The van der Waals surface area contributed by atoms with Gasteiger partial charge in [-0.15, -0.1) is 0 Å². The third-order valence-electron chi connectivity index (χ3n) is 6.51. The van der Waals surface area contributed by atoms with Crippen molar-refractivity contribution in [1.82, 2.24) is 0 Å². The molecule has 0 fully saturated rings. The number of hydrogen-bond donors (Lipinski definition) is 1. The summed E-state index contributed by atoms with van der Waals surface area (Å²) in [6, 6.07) is 12.3. The molecule has 1 aliphatic heterocycles. The van der Waals surface area contributed by atoms with E-state index in [-0.39, 0.29) is 33.3 Å². The zero-order chi connectivity index (χ0) is 24.9. The number of aryl methyl sites for hydroxylation is 2. The molecule has 0 aromatic heterocycles. The minimum absolute atomic E-state index is 0.0413. The number of nitro benzene ring substituents is 1. The van der Waals surface area contributed by atoms with Crippen LogP contribution in [0.5, 0.6) is 0 Å². The Hall–Kier alpha value is -3.63. The summed E-state index contributed by atoms with van der Waals surface area (Å²) < 4.78 is 0. The minimum atomic E-state index is -0.587. The maximum absolute atomic E-state index is 13.6. The van der Waals surface area contributed by atoms with Gasteiger partial charge in [-0.05, 0) is 42.9 Å². The van der Waals surface area contributed by atoms with Crippen molar-refractivity contribution in [2.24, 2.45) is 11.1 Å². The Morgan fingerprint density at radius 3 is 2.53 bits per heavy atom. The van der Waals surface area contributed by atoms with E-state index >= 15 is 0 Å². The Morgan fingerprint density at radius 1 is 1.21 bits per heavy atom. The van der Waals surface area contributed by atoms with Crippen LogP contribution in [-0.2, 0) is 4.79 Å². The Balaban J connectivity index is 2.03. The molecule has 174 valence electrons. The molecule has 0 spiro atoms. The lowest BCUT2D eigenvalue weighted by atomic mass is 9.68. The van der Waals surface area contributed by atoms with Gasteiger partial charge in [0.05, 0.1) is 33.2 Å². The molecule has 8 heteroatoms. The highest BCUT2D eigenvalue weighted by Crippen LogP contribution is 2.51. The van der Waals surface area contributed by atoms with Crippen LogP contribution in [-0.4, -0.2) is 10.7 Å². The number of nitrogens with zero attached hydrogens (tertiary/aromatic N) is 3. The van der Waals surface area contributed by atoms with Gasteiger partial charge in [-0.1, -0.05) is 49.2 Å². The highest BCUT2D eigenvalue weighted by atomic mass is 35.5. The lowest BCUT2D eigenvalue weighted by Gasteiger charge is -2.44. The largest absolute Gasteiger partial charge is 0.384 e. The van der Waals surface area contributed by atoms with Gasteiger partial charge in [0.1, 0.15) is 5.82 Å². The van der Waals surface area contributed by atoms with Gasteiger partial charge < -0.3 is 5.73 Å². The second-order valence-electron chi connectivity index (χ2n) is 9.73. The van der Waals surface area contributed by atoms with Gasteiger partial charge in [0.25, 0.3) is 5.69 Å². The predicted molar refractivity (Wildman–Crippen MR) is 131 cm³/mol. The summed E-state index contributed by atoms with van der Waals surface area (Å²) in [6.45, 7) is 7.94. The fourth-order valence-electron chi connectivity index (χ4n) is 4.96. The summed E-state index contributed by atoms with van der Waals surface area (Å²) in [4.78, 5) is 26.0. The standard InChI is InChI=1S/C26H25ClN4O3/c1-14-5-6-15(2)17(9-14)23-18(13-28)25(29)30(20-8-7-16(31(33)34)10-19(20)27)21-11-26(3,4)12-22(32)24(21)23/h5-10,23H,11-12,29H2,1-4H3. The van der Waals surface area contributed by atoms with E-state index < -0.39 is 10.8 Å². The summed E-state index contributed by atoms with van der Waals surface area (Å²) in [6.07, 6.45) is 0.871. The van der Waals surface area contributed by atoms with Crippen molar-refractivity contribution in [3.05, 3.63) is 90.9 Å². The maximum atomic E-state index is 13.6. The molecule has 0 saturated carbocycles. The fourth-order valence-corrected chi connectivity index (χ4v) is 5.22. The van der Waals surface area contributed by atoms with Crippen molar-refractivity contribution in [3.63, 3.8) is 0 Å². The molecule has 2 N–H and O–H groups in total. The fraction of sp³-hybridized carbons (Fsp3) is 0.308. The van der Waals surface area contributed by atoms with E-state index in [1.165, 1.54) is 18.2 Å². The molecule has 34 heavy (non-hydrogen) atoms. The SMILES string of the molecule is Cc1ccc(C)c(C2C(C#N)=C(N)N(c3ccc([N+](=O)[O-])cc3Cl)C3=C2C(=O)CC(C)(C)C3)c1. The number of carbonyl (C=O) groups excluding carboxylic acids is 1. The van der Waals surface area contributed by atoms with Crippen molar-refractivity contribution in [3.8, 4) is 6.07 Å². The van der Waals surface area contributed by atoms with E-state index in [1.807, 2.05) is 45.9 Å². The van der Waals surface area contributed by atoms with E-state index in [0.717, 1.165) is 16.7 Å². The van der Waals surface area contributed by atoms with Crippen molar-refractivity contribution in [2.75, 3.05) is 4.90 Å². The Kier molecular flexibility index (Phi) is 5.74. The number of carbonyl (C=O) groups is 1. The van der Waals surface area contributed by atoms with Crippen molar-refractivity contribution in [1.29, 1.82) is 5.26 Å². The number of halogens is 1. The van der Waals surface area contributed by atoms with Gasteiger partial charge in [0.2, 0.25) is 0 Å². The smallest absolute Gasteiger partial charge is 0.271 e. The average molecular weight is 477 g/mol. The van der Waals surface area contributed by atoms with Gasteiger partial charge >= 0.3 is 0 Å². The number of non-ortho nitro benzene ring substituents is 1. The molecule has 4 rings (SSSR count). The lowest BCUT2D eigenvalue weighted by molar-refractivity contribution is -0.384. The van der Waals surface area contributed by atoms with Crippen LogP contribution < -0.4 is 10.6 Å². The lowest BCUT2D eigenvalue weighted by Crippen LogP contribution is -2.42. The van der Waals surface area contributed by atoms with Crippen LogP contribution in [0.3, 0.4) is 0 Å². The highest BCUT2D eigenvalue weighted by Gasteiger charge is 2.45. The Morgan fingerprint density at radius 2 is 1.91 bits per heavy atom. The van der Waals surface area contributed by atoms with Crippen LogP contribution in [0.25, 0.3) is 0 Å². The molecule has 1 heterocycles. The molecule has 1 atom stereocenters. The summed E-state index contributed by atoms with van der Waals surface area (Å²) >= 11 is 6.49. The predicted octanol–water partition coefficient (Wildman–Crippen LogP) is 5.81. The average Bonchev–Trinajstić information content (AvgIpc) is 2.74. The molecule has 2 aromatic rings. The first-order valence-corrected chi connectivity index (χ1v) is 11.3. The van der Waals surface area contributed by atoms with Gasteiger partial charge in [-0.25, -0.2) is 0 Å². The first kappa shape index (κ1) is 23.5. The zero-order valence-electron chi connectivity index (χ0n) is 19.5. The third-order valence-corrected chi connectivity index (χ3v) is 6.81. The van der Waals surface area contributed by atoms with Crippen LogP contribution in [0, 0.1) is 40.7 Å². The van der Waals surface area contributed by atoms with Crippen LogP contribution in [0.2, 0.25) is 5.02 Å². The monoisotopic (exact) mass is 476 g/mol. The number of Topliss-reactive ketones (excluding diaryl/α,β-unsaturated/α-hetero) is 1. The van der Waals surface area contributed by atoms with E-state index in [2.05, 4.69) is 6.07 Å². The summed E-state index contributed by atoms with van der Waals surface area (Å²) in [5.41, 5.74) is 10.9. The van der Waals surface area contributed by atoms with Gasteiger partial charge in [-0.2, -0.15) is 5.26 Å². The number of allylic oxidation sites excluding steroid dienone is 3. The molecule has 1 unspecified atom stereocenters. The number of nitriles is 1. The van der Waals surface area contributed by atoms with Crippen LogP contribution in [0.4, 0.5) is 11.4 Å². The van der Waals surface area contributed by atoms with E-state index in [4.69, 9.17) is 17.3 Å². The first-order valence-electron chi connectivity index (χ1n) is 10.9. The third kappa shape index (κ3) is 3.84. The summed E-state index contributed by atoms with van der Waals surface area (Å²) in [5.74, 6) is -0.453. The number of benzene rings is 2. The second kappa shape index (κ2) is 8.30. The summed E-state index contributed by atoms with van der Waals surface area (Å²) in [5, 5.41) is 21.5. The molecular weight excluding hydrogens is 452 g/mol. The van der Waals surface area contributed by atoms with E-state index in [0.29, 0.717) is 29.8 Å². The summed E-state index contributed by atoms with van der Waals surface area (Å²) in [7, 11) is 0. The molecule has 2 aromatic carbocycles. The zero-order valence-corrected chi connectivity index (χ0v) is 20.2. The quantitative estimate of drug-likeness (QED) is 0.442. The van der Waals surface area contributed by atoms with Crippen molar-refractivity contribution < 1.29 is 9.72 Å². The van der Waals surface area contributed by atoms with Gasteiger partial charge in [-0.3, -0.25) is 19.8 Å². The first-order chi connectivity index (χ1) is 15.9. The van der Waals surface area contributed by atoms with Gasteiger partial charge in [0, 0.05) is 29.8 Å². The topological polar surface area (TPSA) is 113 Å². The molecule has 7 nitrogen and oxygen atoms in total. The number of rotatable bonds is 3. The highest BCUT2D eigenvalue weighted by molar-refractivity contribution is 6.33. The van der Waals surface area contributed by atoms with Gasteiger partial charge in [0.15, 0.2) is 5.78 Å². The number of nitro groups is 1. The molecule has 2 aliphatic rings. The number of anilines is 1. The Labute approximate surface area is 203 Å². The molecule has 0 radical (unpaired) electrons. The number of hydrogen-bond acceptors (Lipinski definition) is 6. The van der Waals surface area contributed by atoms with E-state index in [1.54, 1.807) is 4.90 Å². The van der Waals surface area contributed by atoms with Crippen LogP contribution in [0.1, 0.15) is 49.3 Å². The Bertz CT molecular complexity index is 1350. The number of nitrogens with two attached hydrogens (primary N) is 1. The minimum Gasteiger partial charge on any atom is -0.384 e. The molecule has 0 saturated heterocycles. The normalized spacial score (nSPS) is 19.7. The second-order valence-corrected chi connectivity index (χ2v) is 10.1. The van der Waals surface area contributed by atoms with Crippen LogP contribution >= 0.6 is 11.6 Å². The van der Waals surface area contributed by atoms with E-state index in [9.17, 15) is 20.2 Å². The van der Waals surface area contributed by atoms with Crippen LogP contribution in [0.15, 0.2) is 59.1 Å². The molecule has 0 amide bonds. The molecule has 0 bridgehead atoms. The van der Waals surface area contributed by atoms with Crippen molar-refractivity contribution >= 4 is 28.8 Å². The number of ketones is 1. The van der Waals surface area contributed by atoms with Crippen molar-refractivity contribution in [2.45, 2.75) is 46.5 Å².